The average molecular weight is 448 g/mol. The average Bonchev–Trinajstić information content (AvgIpc) is 2.82. The maximum Gasteiger partial charge on any atom is 0.124 e. The highest BCUT2D eigenvalue weighted by Crippen LogP contribution is 2.29. The topological polar surface area (TPSA) is 30.5 Å². The lowest BCUT2D eigenvalue weighted by Gasteiger charge is -2.16. The SMILES string of the molecule is COc1ccccc1CCNCc1c(OCc2ccc(C)cc2)ccc2ccccc12.Cl. The fraction of sp³-hybridized carbons (Fsp3) is 0.214. The van der Waals surface area contributed by atoms with Crippen LogP contribution in [-0.2, 0) is 19.6 Å². The first-order chi connectivity index (χ1) is 15.2. The highest BCUT2D eigenvalue weighted by atomic mass is 35.5. The molecule has 32 heavy (non-hydrogen) atoms. The van der Waals surface area contributed by atoms with Gasteiger partial charge in [-0.25, -0.2) is 0 Å². The molecule has 0 aliphatic rings. The summed E-state index contributed by atoms with van der Waals surface area (Å²) in [4.78, 5) is 0. The van der Waals surface area contributed by atoms with E-state index in [1.54, 1.807) is 7.11 Å². The molecule has 1 N–H and O–H groups in total. The minimum atomic E-state index is 0. The van der Waals surface area contributed by atoms with Gasteiger partial charge in [-0.2, -0.15) is 0 Å². The van der Waals surface area contributed by atoms with Crippen LogP contribution >= 0.6 is 12.4 Å². The summed E-state index contributed by atoms with van der Waals surface area (Å²) in [5, 5.41) is 6.06. The Hall–Kier alpha value is -3.01. The van der Waals surface area contributed by atoms with Crippen LogP contribution < -0.4 is 14.8 Å². The Balaban J connectivity index is 0.00000289. The summed E-state index contributed by atoms with van der Waals surface area (Å²) >= 11 is 0. The predicted molar refractivity (Wildman–Crippen MR) is 135 cm³/mol. The lowest BCUT2D eigenvalue weighted by atomic mass is 10.0. The number of fused-ring (bicyclic) bond motifs is 1. The molecule has 0 aliphatic heterocycles. The maximum atomic E-state index is 6.26. The van der Waals surface area contributed by atoms with Crippen molar-refractivity contribution in [1.29, 1.82) is 0 Å². The number of aryl methyl sites for hydroxylation is 1. The standard InChI is InChI=1S/C28H29NO2.ClH/c1-21-11-13-22(14-12-21)20-31-28-16-15-23-7-3-5-9-25(23)26(28)19-29-18-17-24-8-4-6-10-27(24)30-2;/h3-16,29H,17-20H2,1-2H3;1H. The molecule has 0 fully saturated rings. The molecule has 0 radical (unpaired) electrons. The van der Waals surface area contributed by atoms with Crippen molar-refractivity contribution in [2.45, 2.75) is 26.5 Å². The zero-order valence-corrected chi connectivity index (χ0v) is 19.5. The molecule has 0 unspecified atom stereocenters. The van der Waals surface area contributed by atoms with E-state index in [1.165, 1.54) is 33.0 Å². The third-order valence-corrected chi connectivity index (χ3v) is 5.58. The predicted octanol–water partition coefficient (Wildman–Crippen LogP) is 6.49. The number of methoxy groups -OCH3 is 1. The first-order valence-electron chi connectivity index (χ1n) is 10.8. The van der Waals surface area contributed by atoms with Gasteiger partial charge in [0, 0.05) is 12.1 Å². The maximum absolute atomic E-state index is 6.26. The first-order valence-corrected chi connectivity index (χ1v) is 10.8. The third kappa shape index (κ3) is 5.82. The van der Waals surface area contributed by atoms with Gasteiger partial charge in [-0.15, -0.1) is 12.4 Å². The quantitative estimate of drug-likeness (QED) is 0.297. The van der Waals surface area contributed by atoms with E-state index in [-0.39, 0.29) is 12.4 Å². The molecule has 0 heterocycles. The van der Waals surface area contributed by atoms with Crippen molar-refractivity contribution < 1.29 is 9.47 Å². The molecular formula is C28H30ClNO2. The van der Waals surface area contributed by atoms with Crippen LogP contribution in [0, 0.1) is 6.92 Å². The lowest BCUT2D eigenvalue weighted by molar-refractivity contribution is 0.303. The number of ether oxygens (including phenoxy) is 2. The van der Waals surface area contributed by atoms with Crippen molar-refractivity contribution in [3.8, 4) is 11.5 Å². The van der Waals surface area contributed by atoms with Crippen molar-refractivity contribution in [1.82, 2.24) is 5.32 Å². The summed E-state index contributed by atoms with van der Waals surface area (Å²) in [6.45, 7) is 4.27. The van der Waals surface area contributed by atoms with Crippen LogP contribution in [0.4, 0.5) is 0 Å². The molecule has 0 saturated carbocycles. The second kappa shape index (κ2) is 11.6. The van der Waals surface area contributed by atoms with Crippen molar-refractivity contribution in [2.24, 2.45) is 0 Å². The summed E-state index contributed by atoms with van der Waals surface area (Å²) in [5.41, 5.74) is 4.85. The summed E-state index contributed by atoms with van der Waals surface area (Å²) in [6.07, 6.45) is 0.911. The van der Waals surface area contributed by atoms with Crippen LogP contribution in [0.5, 0.6) is 11.5 Å². The highest BCUT2D eigenvalue weighted by molar-refractivity contribution is 5.87. The number of hydrogen-bond acceptors (Lipinski definition) is 3. The van der Waals surface area contributed by atoms with Crippen LogP contribution in [-0.4, -0.2) is 13.7 Å². The number of rotatable bonds is 9. The van der Waals surface area contributed by atoms with Gasteiger partial charge in [-0.05, 0) is 53.9 Å². The largest absolute Gasteiger partial charge is 0.496 e. The second-order valence-electron chi connectivity index (χ2n) is 7.78. The van der Waals surface area contributed by atoms with Gasteiger partial charge in [0.1, 0.15) is 18.1 Å². The fourth-order valence-corrected chi connectivity index (χ4v) is 3.82. The van der Waals surface area contributed by atoms with Gasteiger partial charge in [-0.1, -0.05) is 78.4 Å². The molecule has 3 nitrogen and oxygen atoms in total. The number of nitrogens with one attached hydrogen (secondary N) is 1. The van der Waals surface area contributed by atoms with E-state index in [1.807, 2.05) is 12.1 Å². The molecule has 4 heteroatoms. The minimum absolute atomic E-state index is 0. The molecule has 0 atom stereocenters. The van der Waals surface area contributed by atoms with Crippen molar-refractivity contribution in [3.63, 3.8) is 0 Å². The molecule has 0 aliphatic carbocycles. The Kier molecular flexibility index (Phi) is 8.55. The first kappa shape index (κ1) is 23.6. The van der Waals surface area contributed by atoms with Crippen LogP contribution in [0.2, 0.25) is 0 Å². The fourth-order valence-electron chi connectivity index (χ4n) is 3.82. The summed E-state index contributed by atoms with van der Waals surface area (Å²) in [7, 11) is 1.72. The number of para-hydroxylation sites is 1. The number of benzene rings is 4. The lowest BCUT2D eigenvalue weighted by Crippen LogP contribution is -2.18. The van der Waals surface area contributed by atoms with E-state index in [2.05, 4.69) is 85.0 Å². The molecule has 0 spiro atoms. The van der Waals surface area contributed by atoms with Crippen LogP contribution in [0.15, 0.2) is 84.9 Å². The smallest absolute Gasteiger partial charge is 0.124 e. The van der Waals surface area contributed by atoms with Crippen molar-refractivity contribution in [3.05, 3.63) is 107 Å². The molecule has 0 amide bonds. The Morgan fingerprint density at radius 1 is 0.781 bits per heavy atom. The Labute approximate surface area is 196 Å². The van der Waals surface area contributed by atoms with E-state index in [0.717, 1.165) is 31.0 Å². The normalized spacial score (nSPS) is 10.6. The van der Waals surface area contributed by atoms with Gasteiger partial charge in [0.25, 0.3) is 0 Å². The van der Waals surface area contributed by atoms with Crippen LogP contribution in [0.1, 0.15) is 22.3 Å². The van der Waals surface area contributed by atoms with E-state index in [9.17, 15) is 0 Å². The van der Waals surface area contributed by atoms with Crippen molar-refractivity contribution in [2.75, 3.05) is 13.7 Å². The summed E-state index contributed by atoms with van der Waals surface area (Å²) in [5.74, 6) is 1.88. The van der Waals surface area contributed by atoms with Gasteiger partial charge in [0.05, 0.1) is 7.11 Å². The van der Waals surface area contributed by atoms with Gasteiger partial charge >= 0.3 is 0 Å². The number of halogens is 1. The van der Waals surface area contributed by atoms with E-state index >= 15 is 0 Å². The molecule has 0 saturated heterocycles. The summed E-state index contributed by atoms with van der Waals surface area (Å²) < 4.78 is 11.7. The molecule has 4 aromatic carbocycles. The monoisotopic (exact) mass is 447 g/mol. The van der Waals surface area contributed by atoms with Crippen LogP contribution in [0.3, 0.4) is 0 Å². The molecule has 4 rings (SSSR count). The third-order valence-electron chi connectivity index (χ3n) is 5.58. The summed E-state index contributed by atoms with van der Waals surface area (Å²) in [6, 6.07) is 29.4. The van der Waals surface area contributed by atoms with Crippen molar-refractivity contribution >= 4 is 23.2 Å². The molecule has 0 bridgehead atoms. The Morgan fingerprint density at radius 3 is 2.34 bits per heavy atom. The van der Waals surface area contributed by atoms with Crippen LogP contribution in [0.25, 0.3) is 10.8 Å². The second-order valence-corrected chi connectivity index (χ2v) is 7.78. The number of hydrogen-bond donors (Lipinski definition) is 1. The molecule has 0 aromatic heterocycles. The Morgan fingerprint density at radius 2 is 1.53 bits per heavy atom. The van der Waals surface area contributed by atoms with Gasteiger partial charge in [0.2, 0.25) is 0 Å². The molecule has 4 aromatic rings. The van der Waals surface area contributed by atoms with E-state index < -0.39 is 0 Å². The van der Waals surface area contributed by atoms with Gasteiger partial charge in [-0.3, -0.25) is 0 Å². The highest BCUT2D eigenvalue weighted by Gasteiger charge is 2.10. The molecule has 166 valence electrons. The zero-order chi connectivity index (χ0) is 21.5. The minimum Gasteiger partial charge on any atom is -0.496 e. The Bertz CT molecular complexity index is 1140. The van der Waals surface area contributed by atoms with Gasteiger partial charge in [0.15, 0.2) is 0 Å². The van der Waals surface area contributed by atoms with Gasteiger partial charge < -0.3 is 14.8 Å². The van der Waals surface area contributed by atoms with E-state index in [0.29, 0.717) is 6.61 Å². The van der Waals surface area contributed by atoms with E-state index in [4.69, 9.17) is 9.47 Å². The molecular weight excluding hydrogens is 418 g/mol. The zero-order valence-electron chi connectivity index (χ0n) is 18.6.